The molecule has 0 unspecified atom stereocenters. The summed E-state index contributed by atoms with van der Waals surface area (Å²) < 4.78 is 5.40. The van der Waals surface area contributed by atoms with Gasteiger partial charge < -0.3 is 15.8 Å². The summed E-state index contributed by atoms with van der Waals surface area (Å²) in [4.78, 5) is 11.9. The lowest BCUT2D eigenvalue weighted by Crippen LogP contribution is -2.25. The van der Waals surface area contributed by atoms with Crippen molar-refractivity contribution in [3.63, 3.8) is 0 Å². The van der Waals surface area contributed by atoms with Gasteiger partial charge in [-0.3, -0.25) is 4.79 Å². The minimum atomic E-state index is 0.0781. The van der Waals surface area contributed by atoms with E-state index in [4.69, 9.17) is 10.5 Å². The molecule has 0 atom stereocenters. The second kappa shape index (κ2) is 8.83. The Morgan fingerprint density at radius 1 is 1.00 bits per heavy atom. The number of rotatable bonds is 8. The summed E-state index contributed by atoms with van der Waals surface area (Å²) in [6.07, 6.45) is 2.05. The number of nitrogen functional groups attached to an aromatic ring is 1. The van der Waals surface area contributed by atoms with Crippen molar-refractivity contribution in [2.24, 2.45) is 0 Å². The summed E-state index contributed by atoms with van der Waals surface area (Å²) in [5.41, 5.74) is 8.72. The maximum atomic E-state index is 11.9. The molecule has 4 nitrogen and oxygen atoms in total. The van der Waals surface area contributed by atoms with Crippen molar-refractivity contribution >= 4 is 11.6 Å². The van der Waals surface area contributed by atoms with E-state index in [-0.39, 0.29) is 5.91 Å². The van der Waals surface area contributed by atoms with Gasteiger partial charge in [-0.15, -0.1) is 0 Å². The Morgan fingerprint density at radius 2 is 1.61 bits per heavy atom. The maximum Gasteiger partial charge on any atom is 0.220 e. The van der Waals surface area contributed by atoms with Gasteiger partial charge in [0.15, 0.2) is 0 Å². The lowest BCUT2D eigenvalue weighted by Gasteiger charge is -2.07. The second-order valence-corrected chi connectivity index (χ2v) is 5.42. The van der Waals surface area contributed by atoms with Crippen molar-refractivity contribution in [1.82, 2.24) is 5.32 Å². The summed E-state index contributed by atoms with van der Waals surface area (Å²) in [6.45, 7) is 3.27. The highest BCUT2D eigenvalue weighted by Gasteiger charge is 2.03. The zero-order valence-electron chi connectivity index (χ0n) is 13.5. The first kappa shape index (κ1) is 16.9. The van der Waals surface area contributed by atoms with Crippen molar-refractivity contribution in [2.75, 3.05) is 18.9 Å². The molecule has 0 aromatic heterocycles. The Labute approximate surface area is 137 Å². The topological polar surface area (TPSA) is 64.3 Å². The van der Waals surface area contributed by atoms with E-state index in [1.165, 1.54) is 5.56 Å². The van der Waals surface area contributed by atoms with Crippen molar-refractivity contribution < 1.29 is 9.53 Å². The van der Waals surface area contributed by atoms with E-state index in [9.17, 15) is 4.79 Å². The first-order valence-electron chi connectivity index (χ1n) is 8.00. The number of anilines is 1. The number of hydrogen-bond acceptors (Lipinski definition) is 3. The fourth-order valence-electron chi connectivity index (χ4n) is 2.30. The molecule has 23 heavy (non-hydrogen) atoms. The number of nitrogens with one attached hydrogen (secondary N) is 1. The molecule has 122 valence electrons. The number of hydrogen-bond donors (Lipinski definition) is 2. The van der Waals surface area contributed by atoms with Gasteiger partial charge in [0.1, 0.15) is 5.75 Å². The molecule has 0 saturated carbocycles. The van der Waals surface area contributed by atoms with Crippen LogP contribution in [0.2, 0.25) is 0 Å². The van der Waals surface area contributed by atoms with Gasteiger partial charge in [0.25, 0.3) is 0 Å². The molecule has 0 heterocycles. The van der Waals surface area contributed by atoms with Crippen LogP contribution in [0.25, 0.3) is 0 Å². The number of benzene rings is 2. The van der Waals surface area contributed by atoms with Crippen LogP contribution in [-0.2, 0) is 17.6 Å². The normalized spacial score (nSPS) is 10.3. The van der Waals surface area contributed by atoms with Crippen LogP contribution in [0.3, 0.4) is 0 Å². The zero-order valence-corrected chi connectivity index (χ0v) is 13.5. The van der Waals surface area contributed by atoms with E-state index in [0.29, 0.717) is 19.6 Å². The molecule has 0 spiro atoms. The Kier molecular flexibility index (Phi) is 6.48. The monoisotopic (exact) mass is 312 g/mol. The highest BCUT2D eigenvalue weighted by molar-refractivity contribution is 5.76. The molecule has 0 radical (unpaired) electrons. The number of nitrogens with two attached hydrogens (primary N) is 1. The molecular formula is C19H24N2O2. The lowest BCUT2D eigenvalue weighted by molar-refractivity contribution is -0.121. The van der Waals surface area contributed by atoms with Gasteiger partial charge in [-0.25, -0.2) is 0 Å². The van der Waals surface area contributed by atoms with Gasteiger partial charge in [-0.05, 0) is 55.2 Å². The van der Waals surface area contributed by atoms with Crippen LogP contribution in [0.5, 0.6) is 5.75 Å². The van der Waals surface area contributed by atoms with E-state index in [0.717, 1.165) is 29.8 Å². The van der Waals surface area contributed by atoms with Crippen LogP contribution in [0.4, 0.5) is 5.69 Å². The minimum absolute atomic E-state index is 0.0781. The largest absolute Gasteiger partial charge is 0.494 e. The predicted octanol–water partition coefficient (Wildman–Crippen LogP) is 2.96. The van der Waals surface area contributed by atoms with Gasteiger partial charge in [0, 0.05) is 18.7 Å². The molecule has 0 aliphatic rings. The van der Waals surface area contributed by atoms with E-state index < -0.39 is 0 Å². The molecular weight excluding hydrogens is 288 g/mol. The number of carbonyl (C=O) groups is 1. The van der Waals surface area contributed by atoms with Gasteiger partial charge in [0.05, 0.1) is 6.61 Å². The zero-order chi connectivity index (χ0) is 16.5. The molecule has 2 rings (SSSR count). The number of amides is 1. The Hall–Kier alpha value is -2.49. The van der Waals surface area contributed by atoms with E-state index in [1.54, 1.807) is 0 Å². The first-order valence-corrected chi connectivity index (χ1v) is 8.00. The number of carbonyl (C=O) groups excluding carboxylic acids is 1. The fraction of sp³-hybridized carbons (Fsp3) is 0.316. The predicted molar refractivity (Wildman–Crippen MR) is 93.5 cm³/mol. The number of ether oxygens (including phenoxy) is 1. The highest BCUT2D eigenvalue weighted by Crippen LogP contribution is 2.13. The molecule has 0 aliphatic carbocycles. The third-order valence-electron chi connectivity index (χ3n) is 3.59. The van der Waals surface area contributed by atoms with E-state index in [2.05, 4.69) is 5.32 Å². The maximum absolute atomic E-state index is 11.9. The fourth-order valence-corrected chi connectivity index (χ4v) is 2.30. The van der Waals surface area contributed by atoms with Gasteiger partial charge in [-0.2, -0.15) is 0 Å². The summed E-state index contributed by atoms with van der Waals surface area (Å²) >= 11 is 0. The van der Waals surface area contributed by atoms with Crippen LogP contribution >= 0.6 is 0 Å². The van der Waals surface area contributed by atoms with Crippen LogP contribution in [0, 0.1) is 0 Å². The molecule has 0 aliphatic heterocycles. The Morgan fingerprint density at radius 3 is 2.26 bits per heavy atom. The van der Waals surface area contributed by atoms with Crippen molar-refractivity contribution in [2.45, 2.75) is 26.2 Å². The van der Waals surface area contributed by atoms with Crippen molar-refractivity contribution in [3.05, 3.63) is 59.7 Å². The van der Waals surface area contributed by atoms with Crippen molar-refractivity contribution in [1.29, 1.82) is 0 Å². The average Bonchev–Trinajstić information content (AvgIpc) is 2.56. The van der Waals surface area contributed by atoms with Crippen molar-refractivity contribution in [3.8, 4) is 5.75 Å². The quantitative estimate of drug-likeness (QED) is 0.737. The molecule has 0 bridgehead atoms. The molecule has 1 amide bonds. The summed E-state index contributed by atoms with van der Waals surface area (Å²) in [6, 6.07) is 15.6. The molecule has 0 fully saturated rings. The molecule has 0 saturated heterocycles. The highest BCUT2D eigenvalue weighted by atomic mass is 16.5. The average molecular weight is 312 g/mol. The SMILES string of the molecule is CCOc1ccc(CCC(=O)NCCc2ccc(N)cc2)cc1. The molecule has 4 heteroatoms. The third-order valence-corrected chi connectivity index (χ3v) is 3.59. The summed E-state index contributed by atoms with van der Waals surface area (Å²) in [5.74, 6) is 0.943. The van der Waals surface area contributed by atoms with Gasteiger partial charge in [-0.1, -0.05) is 24.3 Å². The van der Waals surface area contributed by atoms with E-state index >= 15 is 0 Å². The standard InChI is InChI=1S/C19H24N2O2/c1-2-23-18-10-5-15(6-11-18)7-12-19(22)21-14-13-16-3-8-17(20)9-4-16/h3-6,8-11H,2,7,12-14,20H2,1H3,(H,21,22). The Bertz CT molecular complexity index is 606. The van der Waals surface area contributed by atoms with Crippen LogP contribution < -0.4 is 15.8 Å². The molecule has 2 aromatic carbocycles. The first-order chi connectivity index (χ1) is 11.2. The summed E-state index contributed by atoms with van der Waals surface area (Å²) in [7, 11) is 0. The molecule has 3 N–H and O–H groups in total. The lowest BCUT2D eigenvalue weighted by atomic mass is 10.1. The second-order valence-electron chi connectivity index (χ2n) is 5.42. The van der Waals surface area contributed by atoms with Crippen LogP contribution in [-0.4, -0.2) is 19.1 Å². The van der Waals surface area contributed by atoms with Gasteiger partial charge in [0.2, 0.25) is 5.91 Å². The van der Waals surface area contributed by atoms with E-state index in [1.807, 2.05) is 55.5 Å². The smallest absolute Gasteiger partial charge is 0.220 e. The van der Waals surface area contributed by atoms with Gasteiger partial charge >= 0.3 is 0 Å². The minimum Gasteiger partial charge on any atom is -0.494 e. The van der Waals surface area contributed by atoms with Crippen LogP contribution in [0.15, 0.2) is 48.5 Å². The number of aryl methyl sites for hydroxylation is 1. The van der Waals surface area contributed by atoms with Crippen LogP contribution in [0.1, 0.15) is 24.5 Å². The third kappa shape index (κ3) is 6.02. The summed E-state index contributed by atoms with van der Waals surface area (Å²) in [5, 5.41) is 2.95. The molecule has 2 aromatic rings. The Balaban J connectivity index is 1.67.